The number of fused-ring (bicyclic) bond motifs is 2. The molecule has 1 saturated heterocycles. The molecule has 4 atom stereocenters. The predicted octanol–water partition coefficient (Wildman–Crippen LogP) is 3.11. The maximum absolute atomic E-state index is 13.2. The van der Waals surface area contributed by atoms with E-state index in [0.717, 1.165) is 17.0 Å². The second kappa shape index (κ2) is 9.39. The third-order valence-corrected chi connectivity index (χ3v) is 6.33. The monoisotopic (exact) mass is 522 g/mol. The molecule has 0 saturated carbocycles. The minimum Gasteiger partial charge on any atom is -0.477 e. The third-order valence-electron chi connectivity index (χ3n) is 6.33. The van der Waals surface area contributed by atoms with Gasteiger partial charge in [0.05, 0.1) is 23.6 Å². The molecule has 1 aromatic carbocycles. The smallest absolute Gasteiger partial charge is 0.417 e. The third kappa shape index (κ3) is 4.69. The van der Waals surface area contributed by atoms with E-state index in [-0.39, 0.29) is 34.9 Å². The average Bonchev–Trinajstić information content (AvgIpc) is 3.03. The van der Waals surface area contributed by atoms with E-state index >= 15 is 0 Å². The molecule has 10 nitrogen and oxygen atoms in total. The molecular weight excluding hydrogens is 501 g/mol. The van der Waals surface area contributed by atoms with Gasteiger partial charge >= 0.3 is 23.9 Å². The summed E-state index contributed by atoms with van der Waals surface area (Å²) < 4.78 is 49.3. The average molecular weight is 522 g/mol. The highest BCUT2D eigenvalue weighted by atomic mass is 19.4. The van der Waals surface area contributed by atoms with Crippen LogP contribution in [0, 0.1) is 11.8 Å². The first-order valence-corrected chi connectivity index (χ1v) is 11.0. The summed E-state index contributed by atoms with van der Waals surface area (Å²) in [4.78, 5) is 48.9. The lowest BCUT2D eigenvalue weighted by molar-refractivity contribution is -0.163. The fourth-order valence-corrected chi connectivity index (χ4v) is 4.74. The van der Waals surface area contributed by atoms with Crippen LogP contribution in [0.2, 0.25) is 0 Å². The number of amides is 2. The molecule has 2 aliphatic rings. The first kappa shape index (κ1) is 25.9. The molecule has 3 N–H and O–H groups in total. The van der Waals surface area contributed by atoms with Gasteiger partial charge in [-0.05, 0) is 30.7 Å². The largest absolute Gasteiger partial charge is 0.477 e. The lowest BCUT2D eigenvalue weighted by atomic mass is 9.78. The zero-order valence-corrected chi connectivity index (χ0v) is 19.4. The number of ether oxygens (including phenoxy) is 1. The van der Waals surface area contributed by atoms with Gasteiger partial charge in [-0.2, -0.15) is 13.2 Å². The van der Waals surface area contributed by atoms with E-state index in [9.17, 15) is 42.6 Å². The topological polar surface area (TPSA) is 146 Å². The summed E-state index contributed by atoms with van der Waals surface area (Å²) in [6, 6.07) is 3.12. The van der Waals surface area contributed by atoms with Gasteiger partial charge in [-0.3, -0.25) is 10.1 Å². The second-order valence-corrected chi connectivity index (χ2v) is 8.68. The molecule has 0 aliphatic carbocycles. The molecule has 196 valence electrons. The number of rotatable bonds is 6. The lowest BCUT2D eigenvalue weighted by Gasteiger charge is -2.46. The molecule has 0 unspecified atom stereocenters. The second-order valence-electron chi connectivity index (χ2n) is 8.68. The molecule has 13 heteroatoms. The van der Waals surface area contributed by atoms with Gasteiger partial charge in [0.15, 0.2) is 0 Å². The molecule has 3 heterocycles. The normalized spacial score (nSPS) is 22.3. The highest BCUT2D eigenvalue weighted by Gasteiger charge is 2.59. The van der Waals surface area contributed by atoms with Crippen LogP contribution in [-0.4, -0.2) is 51.8 Å². The Morgan fingerprint density at radius 2 is 1.97 bits per heavy atom. The minimum absolute atomic E-state index is 0.0105. The number of halogens is 3. The highest BCUT2D eigenvalue weighted by Crippen LogP contribution is 2.47. The van der Waals surface area contributed by atoms with Crippen LogP contribution in [0.1, 0.15) is 19.4 Å². The number of carbonyl (C=O) groups is 3. The van der Waals surface area contributed by atoms with Crippen LogP contribution in [0.5, 0.6) is 0 Å². The Morgan fingerprint density at radius 1 is 1.27 bits per heavy atom. The van der Waals surface area contributed by atoms with Gasteiger partial charge in [-0.15, -0.1) is 0 Å². The van der Waals surface area contributed by atoms with E-state index in [4.69, 9.17) is 9.15 Å². The van der Waals surface area contributed by atoms with Gasteiger partial charge in [0.1, 0.15) is 17.9 Å². The number of aliphatic carboxylic acids is 1. The molecular formula is C24H21F3N2O8. The summed E-state index contributed by atoms with van der Waals surface area (Å²) in [7, 11) is 0. The summed E-state index contributed by atoms with van der Waals surface area (Å²) in [5, 5.41) is 21.4. The molecule has 2 amide bonds. The van der Waals surface area contributed by atoms with Gasteiger partial charge in [-0.25, -0.2) is 14.4 Å². The van der Waals surface area contributed by atoms with Crippen molar-refractivity contribution in [3.05, 3.63) is 63.7 Å². The predicted molar refractivity (Wildman–Crippen MR) is 121 cm³/mol. The number of nitrogens with one attached hydrogen (secondary N) is 1. The number of alkyl halides is 3. The van der Waals surface area contributed by atoms with Crippen molar-refractivity contribution in [1.82, 2.24) is 4.90 Å². The van der Waals surface area contributed by atoms with Gasteiger partial charge in [0.2, 0.25) is 5.91 Å². The van der Waals surface area contributed by atoms with Crippen molar-refractivity contribution >= 4 is 34.6 Å². The summed E-state index contributed by atoms with van der Waals surface area (Å²) in [5.74, 6) is -2.88. The quantitative estimate of drug-likeness (QED) is 0.388. The standard InChI is InChI=1S/C24H21F3N2O8/c1-10-13(20(22(33)34)29-19(10)18(11(2)30)21(29)32)4-3-7-36-23(35)28-12-5-6-14-15(24(25,26)27)9-17(31)37-16(14)8-12/h3-6,8-11,18-19,30H,7H2,1-2H3,(H,28,35)(H,33,34)/b4-3+/t10-,11+,18+,19-/m0/s1. The first-order chi connectivity index (χ1) is 17.3. The van der Waals surface area contributed by atoms with E-state index in [1.165, 1.54) is 25.1 Å². The number of anilines is 1. The zero-order chi connectivity index (χ0) is 27.2. The van der Waals surface area contributed by atoms with Gasteiger partial charge in [0, 0.05) is 29.1 Å². The van der Waals surface area contributed by atoms with Crippen LogP contribution >= 0.6 is 0 Å². The number of carboxylic acid groups (broad SMARTS) is 1. The number of aliphatic hydroxyl groups excluding tert-OH is 1. The van der Waals surface area contributed by atoms with E-state index in [1.807, 2.05) is 0 Å². The van der Waals surface area contributed by atoms with Crippen LogP contribution in [0.4, 0.5) is 23.7 Å². The SMILES string of the molecule is C[C@@H](O)[C@H]1C(=O)N2C(C(=O)O)=C(/C=C/COC(=O)Nc3ccc4c(C(F)(F)F)cc(=O)oc4c3)[C@H](C)[C@@H]12. The molecule has 2 aromatic rings. The maximum atomic E-state index is 13.2. The van der Waals surface area contributed by atoms with E-state index in [0.29, 0.717) is 11.6 Å². The van der Waals surface area contributed by atoms with Gasteiger partial charge < -0.3 is 24.3 Å². The molecule has 0 bridgehead atoms. The Hall–Kier alpha value is -4.13. The fourth-order valence-electron chi connectivity index (χ4n) is 4.74. The number of hydrogen-bond donors (Lipinski definition) is 3. The summed E-state index contributed by atoms with van der Waals surface area (Å²) in [5.41, 5.74) is -2.60. The van der Waals surface area contributed by atoms with Crippen molar-refractivity contribution < 1.29 is 46.9 Å². The number of aliphatic hydroxyl groups is 1. The Bertz CT molecular complexity index is 1410. The van der Waals surface area contributed by atoms with Crippen LogP contribution < -0.4 is 10.9 Å². The Morgan fingerprint density at radius 3 is 2.59 bits per heavy atom. The number of allylic oxidation sites excluding steroid dienone is 1. The number of nitrogens with zero attached hydrogens (tertiary/aromatic N) is 1. The Balaban J connectivity index is 1.43. The number of β-lactam (4-membered cyclic amide) rings is 1. The number of hydrogen-bond acceptors (Lipinski definition) is 7. The number of carboxylic acids is 1. The van der Waals surface area contributed by atoms with Crippen LogP contribution in [-0.2, 0) is 20.5 Å². The van der Waals surface area contributed by atoms with Crippen molar-refractivity contribution in [3.8, 4) is 0 Å². The van der Waals surface area contributed by atoms with Crippen LogP contribution in [0.15, 0.2) is 56.9 Å². The van der Waals surface area contributed by atoms with E-state index in [1.54, 1.807) is 6.92 Å². The Kier molecular flexibility index (Phi) is 6.59. The summed E-state index contributed by atoms with van der Waals surface area (Å²) in [6.07, 6.45) is -3.89. The molecule has 1 fully saturated rings. The molecule has 0 spiro atoms. The summed E-state index contributed by atoms with van der Waals surface area (Å²) >= 11 is 0. The van der Waals surface area contributed by atoms with E-state index < -0.39 is 53.4 Å². The molecule has 1 aromatic heterocycles. The lowest BCUT2D eigenvalue weighted by Crippen LogP contribution is -2.63. The number of benzene rings is 1. The van der Waals surface area contributed by atoms with Crippen molar-refractivity contribution in [1.29, 1.82) is 0 Å². The van der Waals surface area contributed by atoms with Crippen molar-refractivity contribution in [2.24, 2.45) is 11.8 Å². The minimum atomic E-state index is -4.78. The fraction of sp³-hybridized carbons (Fsp3) is 0.333. The van der Waals surface area contributed by atoms with Gasteiger partial charge in [-0.1, -0.05) is 13.0 Å². The molecule has 2 aliphatic heterocycles. The van der Waals surface area contributed by atoms with Crippen LogP contribution in [0.3, 0.4) is 0 Å². The zero-order valence-electron chi connectivity index (χ0n) is 19.4. The Labute approximate surface area is 206 Å². The summed E-state index contributed by atoms with van der Waals surface area (Å²) in [6.45, 7) is 2.89. The van der Waals surface area contributed by atoms with Crippen molar-refractivity contribution in [3.63, 3.8) is 0 Å². The maximum Gasteiger partial charge on any atom is 0.417 e. The molecule has 37 heavy (non-hydrogen) atoms. The first-order valence-electron chi connectivity index (χ1n) is 11.0. The number of carbonyl (C=O) groups excluding carboxylic acids is 2. The van der Waals surface area contributed by atoms with Gasteiger partial charge in [0.25, 0.3) is 0 Å². The van der Waals surface area contributed by atoms with Crippen LogP contribution in [0.25, 0.3) is 11.0 Å². The van der Waals surface area contributed by atoms with Crippen molar-refractivity contribution in [2.75, 3.05) is 11.9 Å². The highest BCUT2D eigenvalue weighted by molar-refractivity contribution is 6.00. The molecule has 4 rings (SSSR count). The van der Waals surface area contributed by atoms with E-state index in [2.05, 4.69) is 5.32 Å². The molecule has 0 radical (unpaired) electrons. The van der Waals surface area contributed by atoms with Crippen molar-refractivity contribution in [2.45, 2.75) is 32.2 Å².